The Morgan fingerprint density at radius 2 is 1.83 bits per heavy atom. The highest BCUT2D eigenvalue weighted by molar-refractivity contribution is 7.93. The van der Waals surface area contributed by atoms with Crippen LogP contribution in [-0.2, 0) is 14.6 Å². The van der Waals surface area contributed by atoms with Crippen molar-refractivity contribution in [1.82, 2.24) is 5.32 Å². The van der Waals surface area contributed by atoms with Gasteiger partial charge in [0.25, 0.3) is 0 Å². The molecule has 0 saturated carbocycles. The number of sulfone groups is 1. The molecule has 166 valence electrons. The number of hydrogen-bond acceptors (Lipinski definition) is 6. The molecule has 0 aliphatic heterocycles. The fourth-order valence-corrected chi connectivity index (χ4v) is 2.71. The van der Waals surface area contributed by atoms with E-state index in [9.17, 15) is 18.3 Å². The van der Waals surface area contributed by atoms with Crippen molar-refractivity contribution in [3.05, 3.63) is 64.6 Å². The number of aliphatic hydroxyl groups is 2. The highest BCUT2D eigenvalue weighted by Crippen LogP contribution is 2.18. The maximum absolute atomic E-state index is 11.6. The molecule has 1 aromatic carbocycles. The molecule has 0 aromatic heterocycles. The summed E-state index contributed by atoms with van der Waals surface area (Å²) in [6, 6.07) is 6.88. The Morgan fingerprint density at radius 3 is 2.43 bits per heavy atom. The van der Waals surface area contributed by atoms with Gasteiger partial charge in [-0.05, 0) is 50.5 Å². The van der Waals surface area contributed by atoms with Gasteiger partial charge < -0.3 is 20.3 Å². The Kier molecular flexibility index (Phi) is 11.1. The second kappa shape index (κ2) is 13.0. The van der Waals surface area contributed by atoms with Crippen molar-refractivity contribution in [2.75, 3.05) is 26.0 Å². The van der Waals surface area contributed by atoms with E-state index in [1.807, 2.05) is 26.0 Å². The molecule has 30 heavy (non-hydrogen) atoms. The summed E-state index contributed by atoms with van der Waals surface area (Å²) in [5.41, 5.74) is 2.77. The van der Waals surface area contributed by atoms with Crippen LogP contribution in [0.4, 0.5) is 0 Å². The van der Waals surface area contributed by atoms with E-state index >= 15 is 0 Å². The van der Waals surface area contributed by atoms with Gasteiger partial charge in [-0.15, -0.1) is 0 Å². The lowest BCUT2D eigenvalue weighted by atomic mass is 10.1. The van der Waals surface area contributed by atoms with Gasteiger partial charge in [-0.1, -0.05) is 29.4 Å². The Labute approximate surface area is 178 Å². The number of ether oxygens (including phenoxy) is 1. The average molecular weight is 438 g/mol. The van der Waals surface area contributed by atoms with Crippen LogP contribution >= 0.6 is 0 Å². The van der Waals surface area contributed by atoms with E-state index in [1.165, 1.54) is 5.57 Å². The van der Waals surface area contributed by atoms with Gasteiger partial charge in [0.1, 0.15) is 12.4 Å². The minimum absolute atomic E-state index is 0.0424. The average Bonchev–Trinajstić information content (AvgIpc) is 2.70. The van der Waals surface area contributed by atoms with Crippen LogP contribution in [0.1, 0.15) is 38.4 Å². The minimum Gasteiger partial charge on any atom is -0.490 e. The lowest BCUT2D eigenvalue weighted by molar-refractivity contribution is -0.116. The van der Waals surface area contributed by atoms with Crippen LogP contribution in [0.2, 0.25) is 0 Å². The third-order valence-electron chi connectivity index (χ3n) is 4.16. The number of carbonyl (C=O) groups excluding carboxylic acids is 1. The van der Waals surface area contributed by atoms with E-state index in [0.29, 0.717) is 17.9 Å². The van der Waals surface area contributed by atoms with Gasteiger partial charge in [-0.25, -0.2) is 8.42 Å². The number of amides is 1. The highest BCUT2D eigenvalue weighted by atomic mass is 32.2. The first kappa shape index (κ1) is 25.6. The number of allylic oxidation sites excluding steroid dienone is 2. The van der Waals surface area contributed by atoms with Crippen LogP contribution in [0.15, 0.2) is 59.0 Å². The van der Waals surface area contributed by atoms with E-state index in [1.54, 1.807) is 24.3 Å². The third kappa shape index (κ3) is 11.5. The molecule has 0 saturated heterocycles. The summed E-state index contributed by atoms with van der Waals surface area (Å²) < 4.78 is 27.6. The van der Waals surface area contributed by atoms with E-state index in [0.717, 1.165) is 36.2 Å². The molecule has 0 heterocycles. The quantitative estimate of drug-likeness (QED) is 0.342. The molecular formula is C22H31NO6S. The lowest BCUT2D eigenvalue weighted by Gasteiger charge is -2.12. The van der Waals surface area contributed by atoms with Gasteiger partial charge in [0, 0.05) is 24.3 Å². The Morgan fingerprint density at radius 1 is 1.17 bits per heavy atom. The summed E-state index contributed by atoms with van der Waals surface area (Å²) in [7, 11) is -3.37. The predicted octanol–water partition coefficient (Wildman–Crippen LogP) is 2.44. The fourth-order valence-electron chi connectivity index (χ4n) is 2.34. The predicted molar refractivity (Wildman–Crippen MR) is 118 cm³/mol. The van der Waals surface area contributed by atoms with Gasteiger partial charge in [0.2, 0.25) is 5.91 Å². The van der Waals surface area contributed by atoms with Gasteiger partial charge in [0.15, 0.2) is 9.84 Å². The zero-order chi connectivity index (χ0) is 22.6. The van der Waals surface area contributed by atoms with Crippen molar-refractivity contribution in [3.8, 4) is 5.75 Å². The van der Waals surface area contributed by atoms with Crippen LogP contribution in [0.3, 0.4) is 0 Å². The highest BCUT2D eigenvalue weighted by Gasteiger charge is 2.09. The molecule has 0 aliphatic carbocycles. The van der Waals surface area contributed by atoms with Crippen molar-refractivity contribution in [2.45, 2.75) is 32.8 Å². The van der Waals surface area contributed by atoms with E-state index in [2.05, 4.69) is 5.32 Å². The molecule has 1 aromatic rings. The number of aliphatic hydroxyl groups excluding tert-OH is 2. The summed E-state index contributed by atoms with van der Waals surface area (Å²) in [6.45, 7) is 4.40. The van der Waals surface area contributed by atoms with Crippen molar-refractivity contribution in [3.63, 3.8) is 0 Å². The number of rotatable bonds is 12. The van der Waals surface area contributed by atoms with Crippen LogP contribution in [0.5, 0.6) is 5.75 Å². The van der Waals surface area contributed by atoms with Crippen LogP contribution < -0.4 is 10.1 Å². The zero-order valence-corrected chi connectivity index (χ0v) is 18.5. The second-order valence-corrected chi connectivity index (χ2v) is 9.00. The second-order valence-electron chi connectivity index (χ2n) is 7.07. The van der Waals surface area contributed by atoms with Crippen molar-refractivity contribution in [1.29, 1.82) is 0 Å². The summed E-state index contributed by atoms with van der Waals surface area (Å²) in [4.78, 5) is 11.6. The molecule has 0 fully saturated rings. The summed E-state index contributed by atoms with van der Waals surface area (Å²) >= 11 is 0. The number of hydrogen-bond donors (Lipinski definition) is 3. The molecule has 1 atom stereocenters. The summed E-state index contributed by atoms with van der Waals surface area (Å²) in [5, 5.41) is 22.4. The minimum atomic E-state index is -3.37. The monoisotopic (exact) mass is 437 g/mol. The molecule has 1 amide bonds. The Balaban J connectivity index is 2.44. The smallest absolute Gasteiger partial charge is 0.244 e. The first-order valence-electron chi connectivity index (χ1n) is 9.59. The molecule has 0 radical (unpaired) electrons. The SMILES string of the molecule is CC(=CCCC(C)=CCOc1ccc([C@@H](O)CNC(=O)C=CS(C)(=O)=O)cc1)CO. The summed E-state index contributed by atoms with van der Waals surface area (Å²) in [5.74, 6) is 0.0646. The van der Waals surface area contributed by atoms with Crippen LogP contribution in [-0.4, -0.2) is 50.6 Å². The normalized spacial score (nSPS) is 14.0. The van der Waals surface area contributed by atoms with Crippen molar-refractivity contribution >= 4 is 15.7 Å². The van der Waals surface area contributed by atoms with E-state index in [4.69, 9.17) is 9.84 Å². The lowest BCUT2D eigenvalue weighted by Crippen LogP contribution is -2.26. The molecule has 7 nitrogen and oxygen atoms in total. The number of carbonyl (C=O) groups is 1. The molecule has 0 unspecified atom stereocenters. The summed E-state index contributed by atoms with van der Waals surface area (Å²) in [6.07, 6.45) is 6.78. The largest absolute Gasteiger partial charge is 0.490 e. The molecule has 0 bridgehead atoms. The number of benzene rings is 1. The molecule has 3 N–H and O–H groups in total. The maximum Gasteiger partial charge on any atom is 0.244 e. The van der Waals surface area contributed by atoms with Gasteiger partial charge in [0.05, 0.1) is 12.7 Å². The molecule has 0 spiro atoms. The standard InChI is InChI=1S/C22H31NO6S/c1-17(5-4-6-18(2)16-24)11-13-29-20-9-7-19(8-10-20)21(25)15-23-22(26)12-14-30(3,27)28/h6-12,14,21,24-25H,4-5,13,15-16H2,1-3H3,(H,23,26)/t21-/m0/s1. The molecule has 1 rings (SSSR count). The third-order valence-corrected chi connectivity index (χ3v) is 4.79. The number of nitrogens with one attached hydrogen (secondary N) is 1. The fraction of sp³-hybridized carbons (Fsp3) is 0.409. The first-order valence-corrected chi connectivity index (χ1v) is 11.5. The van der Waals surface area contributed by atoms with E-state index < -0.39 is 21.8 Å². The van der Waals surface area contributed by atoms with Gasteiger partial charge in [-0.3, -0.25) is 4.79 Å². The van der Waals surface area contributed by atoms with Gasteiger partial charge >= 0.3 is 0 Å². The maximum atomic E-state index is 11.6. The van der Waals surface area contributed by atoms with Crippen LogP contribution in [0.25, 0.3) is 0 Å². The van der Waals surface area contributed by atoms with Crippen molar-refractivity contribution in [2.24, 2.45) is 0 Å². The first-order chi connectivity index (χ1) is 14.1. The van der Waals surface area contributed by atoms with Crippen molar-refractivity contribution < 1.29 is 28.2 Å². The van der Waals surface area contributed by atoms with Gasteiger partial charge in [-0.2, -0.15) is 0 Å². The zero-order valence-electron chi connectivity index (χ0n) is 17.7. The topological polar surface area (TPSA) is 113 Å². The van der Waals surface area contributed by atoms with Crippen LogP contribution in [0, 0.1) is 0 Å². The Hall–Kier alpha value is -2.42. The molecular weight excluding hydrogens is 406 g/mol. The Bertz CT molecular complexity index is 869. The molecule has 8 heteroatoms. The van der Waals surface area contributed by atoms with E-state index in [-0.39, 0.29) is 13.2 Å². The molecule has 0 aliphatic rings.